The Morgan fingerprint density at radius 1 is 1.18 bits per heavy atom. The molecule has 0 atom stereocenters. The van der Waals surface area contributed by atoms with E-state index in [0.717, 1.165) is 23.9 Å². The minimum absolute atomic E-state index is 0.332. The summed E-state index contributed by atoms with van der Waals surface area (Å²) in [5.74, 6) is 0. The number of carbonyl (C=O) groups excluding carboxylic acids is 1. The van der Waals surface area contributed by atoms with Crippen LogP contribution in [0.25, 0.3) is 0 Å². The molecular weight excluding hydrogens is 306 g/mol. The van der Waals surface area contributed by atoms with Gasteiger partial charge in [0.25, 0.3) is 15.2 Å². The third-order valence-corrected chi connectivity index (χ3v) is 5.22. The number of aromatic nitrogens is 3. The summed E-state index contributed by atoms with van der Waals surface area (Å²) in [5, 5.41) is 3.52. The molecule has 0 aliphatic carbocycles. The van der Waals surface area contributed by atoms with Gasteiger partial charge in [0.05, 0.1) is 0 Å². The molecule has 0 N–H and O–H groups in total. The van der Waals surface area contributed by atoms with Gasteiger partial charge in [-0.15, -0.1) is 5.10 Å². The molecule has 0 fully saturated rings. The van der Waals surface area contributed by atoms with E-state index in [9.17, 15) is 13.2 Å². The highest BCUT2D eigenvalue weighted by Crippen LogP contribution is 2.10. The molecule has 0 spiro atoms. The predicted molar refractivity (Wildman–Crippen MR) is 83.1 cm³/mol. The van der Waals surface area contributed by atoms with Crippen LogP contribution in [0, 0.1) is 0 Å². The summed E-state index contributed by atoms with van der Waals surface area (Å²) in [7, 11) is -3.74. The van der Waals surface area contributed by atoms with Gasteiger partial charge in [-0.2, -0.15) is 8.99 Å². The number of hydrogen-bond acceptors (Lipinski definition) is 5. The van der Waals surface area contributed by atoms with Crippen LogP contribution in [0.5, 0.6) is 0 Å². The Labute approximate surface area is 132 Å². The first kappa shape index (κ1) is 18.6. The third-order valence-electron chi connectivity index (χ3n) is 3.38. The minimum Gasteiger partial charge on any atom is -0.323 e. The Morgan fingerprint density at radius 3 is 2.32 bits per heavy atom. The SMILES string of the molecule is CCCCN(CC)C(=O)n1cnc(S(=O)(=O)N(CC)CC)n1. The summed E-state index contributed by atoms with van der Waals surface area (Å²) in [5.41, 5.74) is 0. The Morgan fingerprint density at radius 2 is 1.82 bits per heavy atom. The lowest BCUT2D eigenvalue weighted by atomic mass is 10.3. The van der Waals surface area contributed by atoms with Crippen LogP contribution in [0.4, 0.5) is 4.79 Å². The summed E-state index contributed by atoms with van der Waals surface area (Å²) in [6, 6.07) is -0.357. The van der Waals surface area contributed by atoms with E-state index in [-0.39, 0.29) is 11.2 Å². The fraction of sp³-hybridized carbons (Fsp3) is 0.769. The molecule has 1 aromatic rings. The Balaban J connectivity index is 2.98. The summed E-state index contributed by atoms with van der Waals surface area (Å²) >= 11 is 0. The Bertz CT molecular complexity index is 580. The zero-order valence-corrected chi connectivity index (χ0v) is 14.5. The lowest BCUT2D eigenvalue weighted by molar-refractivity contribution is 0.197. The first-order valence-corrected chi connectivity index (χ1v) is 9.07. The maximum absolute atomic E-state index is 12.3. The van der Waals surface area contributed by atoms with Crippen LogP contribution in [-0.4, -0.2) is 64.6 Å². The lowest BCUT2D eigenvalue weighted by Gasteiger charge is -2.19. The van der Waals surface area contributed by atoms with Gasteiger partial charge in [-0.3, -0.25) is 0 Å². The second kappa shape index (κ2) is 8.23. The van der Waals surface area contributed by atoms with Gasteiger partial charge >= 0.3 is 6.03 Å². The maximum atomic E-state index is 12.3. The molecule has 0 saturated heterocycles. The van der Waals surface area contributed by atoms with Crippen LogP contribution in [0.15, 0.2) is 11.5 Å². The van der Waals surface area contributed by atoms with E-state index in [1.165, 1.54) is 4.31 Å². The molecule has 0 aliphatic rings. The average molecular weight is 331 g/mol. The van der Waals surface area contributed by atoms with Crippen molar-refractivity contribution in [2.45, 2.75) is 45.7 Å². The molecule has 1 amide bonds. The molecule has 8 nitrogen and oxygen atoms in total. The first-order valence-electron chi connectivity index (χ1n) is 7.63. The fourth-order valence-corrected chi connectivity index (χ4v) is 3.30. The second-order valence-electron chi connectivity index (χ2n) is 4.78. The normalized spacial score (nSPS) is 11.9. The maximum Gasteiger partial charge on any atom is 0.346 e. The highest BCUT2D eigenvalue weighted by Gasteiger charge is 2.27. The summed E-state index contributed by atoms with van der Waals surface area (Å²) in [6.45, 7) is 9.22. The molecule has 1 aromatic heterocycles. The van der Waals surface area contributed by atoms with E-state index in [2.05, 4.69) is 10.1 Å². The molecule has 0 radical (unpaired) electrons. The first-order chi connectivity index (χ1) is 10.4. The molecule has 0 saturated carbocycles. The molecular formula is C13H25N5O3S. The predicted octanol–water partition coefficient (Wildman–Crippen LogP) is 1.40. The smallest absolute Gasteiger partial charge is 0.323 e. The van der Waals surface area contributed by atoms with E-state index in [0.29, 0.717) is 26.2 Å². The van der Waals surface area contributed by atoms with Gasteiger partial charge in [0.15, 0.2) is 0 Å². The Hall–Kier alpha value is -1.48. The quantitative estimate of drug-likeness (QED) is 0.718. The molecule has 0 aromatic carbocycles. The summed E-state index contributed by atoms with van der Waals surface area (Å²) in [4.78, 5) is 17.7. The summed E-state index contributed by atoms with van der Waals surface area (Å²) in [6.07, 6.45) is 3.02. The van der Waals surface area contributed by atoms with Crippen LogP contribution in [0.2, 0.25) is 0 Å². The van der Waals surface area contributed by atoms with Crippen LogP contribution >= 0.6 is 0 Å². The molecule has 9 heteroatoms. The van der Waals surface area contributed by atoms with E-state index in [4.69, 9.17) is 0 Å². The minimum atomic E-state index is -3.74. The van der Waals surface area contributed by atoms with Crippen molar-refractivity contribution in [2.75, 3.05) is 26.2 Å². The van der Waals surface area contributed by atoms with Gasteiger partial charge in [-0.25, -0.2) is 18.2 Å². The number of hydrogen-bond donors (Lipinski definition) is 0. The van der Waals surface area contributed by atoms with Gasteiger partial charge in [-0.05, 0) is 13.3 Å². The zero-order chi connectivity index (χ0) is 16.8. The number of unbranched alkanes of at least 4 members (excludes halogenated alkanes) is 1. The largest absolute Gasteiger partial charge is 0.346 e. The van der Waals surface area contributed by atoms with Crippen LogP contribution in [0.1, 0.15) is 40.5 Å². The monoisotopic (exact) mass is 331 g/mol. The highest BCUT2D eigenvalue weighted by molar-refractivity contribution is 7.88. The van der Waals surface area contributed by atoms with E-state index >= 15 is 0 Å². The standard InChI is InChI=1S/C13H25N5O3S/c1-5-9-10-16(6-2)13(19)18-11-14-12(15-18)22(20,21)17(7-3)8-4/h11H,5-10H2,1-4H3. The zero-order valence-electron chi connectivity index (χ0n) is 13.7. The van der Waals surface area contributed by atoms with Crippen molar-refractivity contribution >= 4 is 16.1 Å². The Kier molecular flexibility index (Phi) is 6.95. The number of carbonyl (C=O) groups is 1. The topological polar surface area (TPSA) is 88.4 Å². The highest BCUT2D eigenvalue weighted by atomic mass is 32.2. The van der Waals surface area contributed by atoms with E-state index in [1.807, 2.05) is 13.8 Å². The molecule has 126 valence electrons. The van der Waals surface area contributed by atoms with Crippen molar-refractivity contribution in [2.24, 2.45) is 0 Å². The van der Waals surface area contributed by atoms with Gasteiger partial charge in [0, 0.05) is 26.2 Å². The third kappa shape index (κ3) is 4.04. The summed E-state index contributed by atoms with van der Waals surface area (Å²) < 4.78 is 26.9. The van der Waals surface area contributed by atoms with Gasteiger partial charge < -0.3 is 4.90 Å². The molecule has 0 unspecified atom stereocenters. The van der Waals surface area contributed by atoms with E-state index < -0.39 is 10.0 Å². The van der Waals surface area contributed by atoms with Crippen molar-refractivity contribution < 1.29 is 13.2 Å². The second-order valence-corrected chi connectivity index (χ2v) is 6.61. The molecule has 22 heavy (non-hydrogen) atoms. The van der Waals surface area contributed by atoms with Gasteiger partial charge in [-0.1, -0.05) is 27.2 Å². The molecule has 1 heterocycles. The van der Waals surface area contributed by atoms with Crippen molar-refractivity contribution in [1.82, 2.24) is 24.0 Å². The van der Waals surface area contributed by atoms with E-state index in [1.54, 1.807) is 18.7 Å². The van der Waals surface area contributed by atoms with Gasteiger partial charge in [0.1, 0.15) is 6.33 Å². The number of amides is 1. The molecule has 0 bridgehead atoms. The van der Waals surface area contributed by atoms with Crippen LogP contribution in [0.3, 0.4) is 0 Å². The average Bonchev–Trinajstić information content (AvgIpc) is 2.99. The van der Waals surface area contributed by atoms with Crippen LogP contribution < -0.4 is 0 Å². The van der Waals surface area contributed by atoms with Crippen molar-refractivity contribution in [3.05, 3.63) is 6.33 Å². The fourth-order valence-electron chi connectivity index (χ4n) is 2.02. The number of rotatable bonds is 8. The van der Waals surface area contributed by atoms with Crippen LogP contribution in [-0.2, 0) is 10.0 Å². The number of sulfonamides is 1. The van der Waals surface area contributed by atoms with Crippen molar-refractivity contribution in [3.8, 4) is 0 Å². The van der Waals surface area contributed by atoms with Crippen molar-refractivity contribution in [1.29, 1.82) is 0 Å². The van der Waals surface area contributed by atoms with Gasteiger partial charge in [0.2, 0.25) is 0 Å². The molecule has 1 rings (SSSR count). The molecule has 0 aliphatic heterocycles. The van der Waals surface area contributed by atoms with Crippen molar-refractivity contribution in [3.63, 3.8) is 0 Å². The lowest BCUT2D eigenvalue weighted by Crippen LogP contribution is -2.36. The number of nitrogens with zero attached hydrogens (tertiary/aromatic N) is 5.